The topological polar surface area (TPSA) is 75.3 Å². The third kappa shape index (κ3) is 4.65. The Labute approximate surface area is 114 Å². The SMILES string of the molecule is CCCCNS(=O)(=O)c1cccc(C(=O)NCC)c1. The number of carbonyl (C=O) groups is 1. The number of sulfonamides is 1. The van der Waals surface area contributed by atoms with Crippen LogP contribution in [0.3, 0.4) is 0 Å². The quantitative estimate of drug-likeness (QED) is 0.745. The van der Waals surface area contributed by atoms with Crippen LogP contribution in [0.5, 0.6) is 0 Å². The van der Waals surface area contributed by atoms with Crippen LogP contribution in [0.15, 0.2) is 29.2 Å². The molecule has 0 heterocycles. The summed E-state index contributed by atoms with van der Waals surface area (Å²) in [7, 11) is -3.53. The first kappa shape index (κ1) is 15.7. The van der Waals surface area contributed by atoms with Crippen molar-refractivity contribution in [3.8, 4) is 0 Å². The lowest BCUT2D eigenvalue weighted by molar-refractivity contribution is 0.0955. The molecule has 0 radical (unpaired) electrons. The van der Waals surface area contributed by atoms with E-state index in [0.717, 1.165) is 12.8 Å². The van der Waals surface area contributed by atoms with E-state index in [4.69, 9.17) is 0 Å². The van der Waals surface area contributed by atoms with Crippen LogP contribution in [0.4, 0.5) is 0 Å². The van der Waals surface area contributed by atoms with Gasteiger partial charge in [-0.25, -0.2) is 13.1 Å². The Hall–Kier alpha value is -1.40. The molecule has 19 heavy (non-hydrogen) atoms. The molecule has 106 valence electrons. The average Bonchev–Trinajstić information content (AvgIpc) is 2.39. The Balaban J connectivity index is 2.89. The van der Waals surface area contributed by atoms with Crippen LogP contribution in [0.25, 0.3) is 0 Å². The average molecular weight is 284 g/mol. The molecule has 0 bridgehead atoms. The molecule has 0 aromatic heterocycles. The molecule has 0 unspecified atom stereocenters. The molecule has 1 amide bonds. The molecule has 1 aromatic rings. The molecule has 0 aliphatic heterocycles. The van der Waals surface area contributed by atoms with E-state index in [2.05, 4.69) is 10.0 Å². The highest BCUT2D eigenvalue weighted by atomic mass is 32.2. The van der Waals surface area contributed by atoms with E-state index < -0.39 is 10.0 Å². The van der Waals surface area contributed by atoms with E-state index in [9.17, 15) is 13.2 Å². The monoisotopic (exact) mass is 284 g/mol. The predicted molar refractivity (Wildman–Crippen MR) is 74.5 cm³/mol. The zero-order valence-corrected chi connectivity index (χ0v) is 12.1. The summed E-state index contributed by atoms with van der Waals surface area (Å²) in [6.07, 6.45) is 1.71. The molecular formula is C13H20N2O3S. The lowest BCUT2D eigenvalue weighted by Crippen LogP contribution is -2.26. The number of hydrogen-bond donors (Lipinski definition) is 2. The molecule has 0 aliphatic carbocycles. The fourth-order valence-corrected chi connectivity index (χ4v) is 2.65. The summed E-state index contributed by atoms with van der Waals surface area (Å²) in [5, 5.41) is 2.64. The predicted octanol–water partition coefficient (Wildman–Crippen LogP) is 1.51. The molecule has 0 aliphatic rings. The van der Waals surface area contributed by atoms with E-state index in [1.54, 1.807) is 12.1 Å². The molecule has 2 N–H and O–H groups in total. The highest BCUT2D eigenvalue weighted by Crippen LogP contribution is 2.11. The maximum absolute atomic E-state index is 12.0. The summed E-state index contributed by atoms with van der Waals surface area (Å²) in [6.45, 7) is 4.71. The van der Waals surface area contributed by atoms with E-state index in [0.29, 0.717) is 18.7 Å². The van der Waals surface area contributed by atoms with Gasteiger partial charge in [-0.3, -0.25) is 4.79 Å². The Morgan fingerprint density at radius 3 is 2.63 bits per heavy atom. The van der Waals surface area contributed by atoms with Crippen LogP contribution in [0.1, 0.15) is 37.0 Å². The molecule has 0 fully saturated rings. The number of nitrogens with one attached hydrogen (secondary N) is 2. The third-order valence-electron chi connectivity index (χ3n) is 2.57. The van der Waals surface area contributed by atoms with Gasteiger partial charge >= 0.3 is 0 Å². The molecule has 1 aromatic carbocycles. The van der Waals surface area contributed by atoms with Crippen molar-refractivity contribution in [3.63, 3.8) is 0 Å². The minimum absolute atomic E-state index is 0.118. The van der Waals surface area contributed by atoms with Crippen LogP contribution in [-0.2, 0) is 10.0 Å². The highest BCUT2D eigenvalue weighted by Gasteiger charge is 2.15. The van der Waals surface area contributed by atoms with Crippen molar-refractivity contribution in [1.29, 1.82) is 0 Å². The number of rotatable bonds is 7. The molecule has 0 saturated heterocycles. The fourth-order valence-electron chi connectivity index (χ4n) is 1.53. The number of amides is 1. The summed E-state index contributed by atoms with van der Waals surface area (Å²) in [5.41, 5.74) is 0.347. The van der Waals surface area contributed by atoms with Gasteiger partial charge in [-0.05, 0) is 31.5 Å². The first-order valence-corrected chi connectivity index (χ1v) is 7.87. The second kappa shape index (κ2) is 7.25. The van der Waals surface area contributed by atoms with Gasteiger partial charge in [-0.1, -0.05) is 19.4 Å². The largest absolute Gasteiger partial charge is 0.352 e. The first-order chi connectivity index (χ1) is 9.01. The summed E-state index contributed by atoms with van der Waals surface area (Å²) >= 11 is 0. The van der Waals surface area contributed by atoms with E-state index in [1.807, 2.05) is 13.8 Å². The third-order valence-corrected chi connectivity index (χ3v) is 4.02. The number of benzene rings is 1. The number of hydrogen-bond acceptors (Lipinski definition) is 3. The summed E-state index contributed by atoms with van der Waals surface area (Å²) < 4.78 is 26.5. The Morgan fingerprint density at radius 1 is 1.26 bits per heavy atom. The van der Waals surface area contributed by atoms with Crippen LogP contribution in [-0.4, -0.2) is 27.4 Å². The zero-order valence-electron chi connectivity index (χ0n) is 11.3. The van der Waals surface area contributed by atoms with Crippen molar-refractivity contribution >= 4 is 15.9 Å². The smallest absolute Gasteiger partial charge is 0.251 e. The molecular weight excluding hydrogens is 264 g/mol. The lowest BCUT2D eigenvalue weighted by atomic mass is 10.2. The lowest BCUT2D eigenvalue weighted by Gasteiger charge is -2.08. The molecule has 1 rings (SSSR count). The molecule has 0 atom stereocenters. The van der Waals surface area contributed by atoms with Crippen molar-refractivity contribution < 1.29 is 13.2 Å². The van der Waals surface area contributed by atoms with Crippen molar-refractivity contribution in [2.24, 2.45) is 0 Å². The van der Waals surface area contributed by atoms with E-state index >= 15 is 0 Å². The van der Waals surface area contributed by atoms with Gasteiger partial charge in [-0.2, -0.15) is 0 Å². The minimum Gasteiger partial charge on any atom is -0.352 e. The van der Waals surface area contributed by atoms with Gasteiger partial charge < -0.3 is 5.32 Å². The van der Waals surface area contributed by atoms with E-state index in [1.165, 1.54) is 12.1 Å². The van der Waals surface area contributed by atoms with Crippen LogP contribution >= 0.6 is 0 Å². The van der Waals surface area contributed by atoms with Gasteiger partial charge in [0.05, 0.1) is 4.90 Å². The Bertz CT molecular complexity index is 526. The van der Waals surface area contributed by atoms with Gasteiger partial charge in [-0.15, -0.1) is 0 Å². The molecule has 6 heteroatoms. The van der Waals surface area contributed by atoms with Crippen LogP contribution in [0, 0.1) is 0 Å². The van der Waals surface area contributed by atoms with Gasteiger partial charge in [0.1, 0.15) is 0 Å². The van der Waals surface area contributed by atoms with Gasteiger partial charge in [0.25, 0.3) is 5.91 Å². The Morgan fingerprint density at radius 2 is 2.00 bits per heavy atom. The minimum atomic E-state index is -3.53. The van der Waals surface area contributed by atoms with E-state index in [-0.39, 0.29) is 10.8 Å². The number of unbranched alkanes of at least 4 members (excludes halogenated alkanes) is 1. The second-order valence-electron chi connectivity index (χ2n) is 4.14. The van der Waals surface area contributed by atoms with Crippen molar-refractivity contribution in [2.45, 2.75) is 31.6 Å². The maximum atomic E-state index is 12.0. The summed E-state index contributed by atoms with van der Waals surface area (Å²) in [6, 6.07) is 6.03. The molecule has 0 spiro atoms. The summed E-state index contributed by atoms with van der Waals surface area (Å²) in [4.78, 5) is 11.8. The molecule has 5 nitrogen and oxygen atoms in total. The van der Waals surface area contributed by atoms with Crippen LogP contribution in [0.2, 0.25) is 0 Å². The van der Waals surface area contributed by atoms with Gasteiger partial charge in [0.15, 0.2) is 0 Å². The summed E-state index contributed by atoms with van der Waals surface area (Å²) in [5.74, 6) is -0.270. The van der Waals surface area contributed by atoms with Crippen molar-refractivity contribution in [2.75, 3.05) is 13.1 Å². The van der Waals surface area contributed by atoms with Crippen LogP contribution < -0.4 is 10.0 Å². The Kier molecular flexibility index (Phi) is 5.98. The normalized spacial score (nSPS) is 11.3. The zero-order chi connectivity index (χ0) is 14.3. The standard InChI is InChI=1S/C13H20N2O3S/c1-3-5-9-15-19(17,18)12-8-6-7-11(10-12)13(16)14-4-2/h6-8,10,15H,3-5,9H2,1-2H3,(H,14,16). The maximum Gasteiger partial charge on any atom is 0.251 e. The van der Waals surface area contributed by atoms with Gasteiger partial charge in [0, 0.05) is 18.7 Å². The molecule has 0 saturated carbocycles. The fraction of sp³-hybridized carbons (Fsp3) is 0.462. The first-order valence-electron chi connectivity index (χ1n) is 6.39. The second-order valence-corrected chi connectivity index (χ2v) is 5.91. The highest BCUT2D eigenvalue weighted by molar-refractivity contribution is 7.89. The number of carbonyl (C=O) groups excluding carboxylic acids is 1. The van der Waals surface area contributed by atoms with Gasteiger partial charge in [0.2, 0.25) is 10.0 Å². The van der Waals surface area contributed by atoms with Crippen molar-refractivity contribution in [1.82, 2.24) is 10.0 Å². The van der Waals surface area contributed by atoms with Crippen molar-refractivity contribution in [3.05, 3.63) is 29.8 Å².